The molecule has 4 aliphatic carbocycles. The van der Waals surface area contributed by atoms with E-state index in [2.05, 4.69) is 54.4 Å². The summed E-state index contributed by atoms with van der Waals surface area (Å²) in [6.07, 6.45) is 8.57. The van der Waals surface area contributed by atoms with Gasteiger partial charge in [0, 0.05) is 24.1 Å². The molecule has 3 nitrogen and oxygen atoms in total. The number of allylic oxidation sites excluding steroid dienone is 3. The summed E-state index contributed by atoms with van der Waals surface area (Å²) in [6, 6.07) is 8.86. The Morgan fingerprint density at radius 1 is 1.10 bits per heavy atom. The molecular weight excluding hydrogens is 382 g/mol. The molecule has 0 radical (unpaired) electrons. The van der Waals surface area contributed by atoms with Crippen molar-refractivity contribution in [3.05, 3.63) is 52.6 Å². The van der Waals surface area contributed by atoms with Crippen LogP contribution in [-0.2, 0) is 0 Å². The first-order chi connectivity index (χ1) is 14.9. The van der Waals surface area contributed by atoms with E-state index >= 15 is 0 Å². The minimum Gasteiger partial charge on any atom is -0.389 e. The highest BCUT2D eigenvalue weighted by molar-refractivity contribution is 5.51. The summed E-state index contributed by atoms with van der Waals surface area (Å²) in [7, 11) is 1.95. The third-order valence-electron chi connectivity index (χ3n) is 8.95. The topological polar surface area (TPSA) is 52.5 Å². The van der Waals surface area contributed by atoms with Gasteiger partial charge < -0.3 is 15.5 Å². The van der Waals surface area contributed by atoms with E-state index in [9.17, 15) is 10.2 Å². The van der Waals surface area contributed by atoms with Gasteiger partial charge in [-0.05, 0) is 92.5 Å². The van der Waals surface area contributed by atoms with Crippen molar-refractivity contribution in [3.63, 3.8) is 0 Å². The Hall–Kier alpha value is -2.02. The van der Waals surface area contributed by atoms with Gasteiger partial charge in [0.2, 0.25) is 0 Å². The first-order valence-electron chi connectivity index (χ1n) is 12.0. The predicted molar refractivity (Wildman–Crippen MR) is 126 cm³/mol. The molecule has 0 aliphatic heterocycles. The Bertz CT molecular complexity index is 994. The second-order valence-corrected chi connectivity index (χ2v) is 10.3. The SMILES string of the molecule is CC#C[C@]1(O)CC[C@H]2[C@@H]3CCC4=CC(O)CCC4=C3[C@@H](c3ccc(NC)cc3)C[C@@]21C. The predicted octanol–water partition coefficient (Wildman–Crippen LogP) is 5.17. The van der Waals surface area contributed by atoms with Crippen molar-refractivity contribution in [3.8, 4) is 11.8 Å². The zero-order valence-electron chi connectivity index (χ0n) is 19.0. The van der Waals surface area contributed by atoms with Gasteiger partial charge in [0.05, 0.1) is 6.10 Å². The van der Waals surface area contributed by atoms with Gasteiger partial charge in [0.15, 0.2) is 0 Å². The summed E-state index contributed by atoms with van der Waals surface area (Å²) in [5.74, 6) is 7.56. The zero-order valence-corrected chi connectivity index (χ0v) is 19.0. The quantitative estimate of drug-likeness (QED) is 0.582. The van der Waals surface area contributed by atoms with E-state index < -0.39 is 5.60 Å². The molecule has 1 aromatic carbocycles. The Kier molecular flexibility index (Phi) is 5.07. The first kappa shape index (κ1) is 20.9. The lowest BCUT2D eigenvalue weighted by molar-refractivity contribution is -0.0514. The van der Waals surface area contributed by atoms with Gasteiger partial charge in [-0.15, -0.1) is 5.92 Å². The van der Waals surface area contributed by atoms with Crippen molar-refractivity contribution in [1.29, 1.82) is 0 Å². The summed E-state index contributed by atoms with van der Waals surface area (Å²) in [5.41, 5.74) is 5.87. The van der Waals surface area contributed by atoms with Crippen molar-refractivity contribution in [2.24, 2.45) is 17.3 Å². The molecule has 0 spiro atoms. The Morgan fingerprint density at radius 2 is 1.87 bits per heavy atom. The van der Waals surface area contributed by atoms with E-state index in [0.29, 0.717) is 17.8 Å². The Morgan fingerprint density at radius 3 is 2.58 bits per heavy atom. The number of aliphatic hydroxyl groups is 2. The smallest absolute Gasteiger partial charge is 0.131 e. The summed E-state index contributed by atoms with van der Waals surface area (Å²) < 4.78 is 0. The highest BCUT2D eigenvalue weighted by atomic mass is 16.3. The van der Waals surface area contributed by atoms with E-state index in [1.54, 1.807) is 5.57 Å². The molecule has 3 heteroatoms. The fourth-order valence-corrected chi connectivity index (χ4v) is 7.38. The molecule has 0 amide bonds. The molecule has 5 rings (SSSR count). The molecule has 164 valence electrons. The molecule has 2 fully saturated rings. The van der Waals surface area contributed by atoms with Gasteiger partial charge in [-0.2, -0.15) is 0 Å². The molecule has 31 heavy (non-hydrogen) atoms. The molecule has 2 saturated carbocycles. The van der Waals surface area contributed by atoms with Crippen LogP contribution in [0.15, 0.2) is 47.1 Å². The van der Waals surface area contributed by atoms with Gasteiger partial charge in [-0.1, -0.05) is 36.6 Å². The number of hydrogen-bond donors (Lipinski definition) is 3. The van der Waals surface area contributed by atoms with Crippen molar-refractivity contribution in [2.45, 2.75) is 76.4 Å². The first-order valence-corrected chi connectivity index (χ1v) is 12.0. The van der Waals surface area contributed by atoms with Crippen LogP contribution in [0.3, 0.4) is 0 Å². The van der Waals surface area contributed by atoms with E-state index in [1.807, 2.05) is 14.0 Å². The fourth-order valence-electron chi connectivity index (χ4n) is 7.38. The number of hydrogen-bond acceptors (Lipinski definition) is 3. The van der Waals surface area contributed by atoms with Crippen LogP contribution < -0.4 is 5.32 Å². The summed E-state index contributed by atoms with van der Waals surface area (Å²) >= 11 is 0. The van der Waals surface area contributed by atoms with Crippen molar-refractivity contribution in [2.75, 3.05) is 12.4 Å². The number of nitrogens with one attached hydrogen (secondary N) is 1. The number of aliphatic hydroxyl groups excluding tert-OH is 1. The lowest BCUT2D eigenvalue weighted by Crippen LogP contribution is -2.51. The largest absolute Gasteiger partial charge is 0.389 e. The van der Waals surface area contributed by atoms with Crippen LogP contribution in [0.25, 0.3) is 0 Å². The number of rotatable bonds is 2. The monoisotopic (exact) mass is 417 g/mol. The lowest BCUT2D eigenvalue weighted by Gasteiger charge is -2.54. The number of fused-ring (bicyclic) bond motifs is 4. The second-order valence-electron chi connectivity index (χ2n) is 10.3. The van der Waals surface area contributed by atoms with E-state index in [-0.39, 0.29) is 11.5 Å². The summed E-state index contributed by atoms with van der Waals surface area (Å²) in [5, 5.41) is 25.2. The number of anilines is 1. The standard InChI is InChI=1S/C28H35NO2/c1-4-14-28(31)15-13-25-23-11-7-19-16-21(30)10-12-22(19)26(23)24(17-27(25,28)2)18-5-8-20(29-3)9-6-18/h5-6,8-9,16,21,23-25,29-31H,7,10-13,15,17H2,1-3H3/t21?,23-,24+,25-,27-,28-/m0/s1. The van der Waals surface area contributed by atoms with Crippen molar-refractivity contribution < 1.29 is 10.2 Å². The molecule has 1 aromatic rings. The zero-order chi connectivity index (χ0) is 21.8. The number of benzene rings is 1. The molecule has 4 aliphatic rings. The second kappa shape index (κ2) is 7.54. The fraction of sp³-hybridized carbons (Fsp3) is 0.571. The Balaban J connectivity index is 1.67. The van der Waals surface area contributed by atoms with Crippen molar-refractivity contribution >= 4 is 5.69 Å². The molecule has 0 saturated heterocycles. The molecule has 6 atom stereocenters. The van der Waals surface area contributed by atoms with Gasteiger partial charge in [-0.3, -0.25) is 0 Å². The molecule has 3 N–H and O–H groups in total. The molecular formula is C28H35NO2. The maximum atomic E-state index is 11.7. The highest BCUT2D eigenvalue weighted by Gasteiger charge is 2.62. The molecule has 1 unspecified atom stereocenters. The molecule has 0 bridgehead atoms. The summed E-state index contributed by atoms with van der Waals surface area (Å²) in [6.45, 7) is 4.16. The molecule has 0 aromatic heterocycles. The van der Waals surface area contributed by atoms with Gasteiger partial charge in [-0.25, -0.2) is 0 Å². The third kappa shape index (κ3) is 3.11. The van der Waals surface area contributed by atoms with E-state index in [1.165, 1.54) is 16.7 Å². The van der Waals surface area contributed by atoms with Crippen LogP contribution >= 0.6 is 0 Å². The minimum absolute atomic E-state index is 0.202. The van der Waals surface area contributed by atoms with Crippen LogP contribution in [0.5, 0.6) is 0 Å². The third-order valence-corrected chi connectivity index (χ3v) is 8.95. The summed E-state index contributed by atoms with van der Waals surface area (Å²) in [4.78, 5) is 0. The lowest BCUT2D eigenvalue weighted by atomic mass is 9.51. The highest BCUT2D eigenvalue weighted by Crippen LogP contribution is 2.66. The van der Waals surface area contributed by atoms with Crippen LogP contribution in [0.4, 0.5) is 5.69 Å². The van der Waals surface area contributed by atoms with Crippen LogP contribution in [-0.4, -0.2) is 29.0 Å². The maximum Gasteiger partial charge on any atom is 0.131 e. The van der Waals surface area contributed by atoms with Gasteiger partial charge in [0.1, 0.15) is 5.60 Å². The maximum absolute atomic E-state index is 11.7. The van der Waals surface area contributed by atoms with Crippen LogP contribution in [0, 0.1) is 29.1 Å². The average molecular weight is 418 g/mol. The normalized spacial score (nSPS) is 38.9. The molecule has 0 heterocycles. The van der Waals surface area contributed by atoms with Crippen molar-refractivity contribution in [1.82, 2.24) is 0 Å². The van der Waals surface area contributed by atoms with Gasteiger partial charge >= 0.3 is 0 Å². The van der Waals surface area contributed by atoms with Crippen LogP contribution in [0.2, 0.25) is 0 Å². The van der Waals surface area contributed by atoms with Gasteiger partial charge in [0.25, 0.3) is 0 Å². The minimum atomic E-state index is -0.898. The van der Waals surface area contributed by atoms with E-state index in [4.69, 9.17) is 0 Å². The van der Waals surface area contributed by atoms with Crippen LogP contribution in [0.1, 0.15) is 70.3 Å². The average Bonchev–Trinajstić information content (AvgIpc) is 3.03. The Labute approximate surface area is 186 Å². The van der Waals surface area contributed by atoms with E-state index in [0.717, 1.165) is 50.6 Å².